The van der Waals surface area contributed by atoms with E-state index in [9.17, 15) is 22.4 Å². The molecular formula is C21H17FN2O4S. The molecule has 0 aliphatic rings. The molecule has 0 radical (unpaired) electrons. The number of benzene rings is 3. The molecule has 0 aliphatic heterocycles. The first kappa shape index (κ1) is 20.4. The average molecular weight is 412 g/mol. The molecule has 0 saturated heterocycles. The summed E-state index contributed by atoms with van der Waals surface area (Å²) < 4.78 is 40.0. The van der Waals surface area contributed by atoms with E-state index in [1.54, 1.807) is 48.5 Å². The number of amides is 1. The summed E-state index contributed by atoms with van der Waals surface area (Å²) in [6, 6.07) is 17.8. The minimum atomic E-state index is -3.83. The summed E-state index contributed by atoms with van der Waals surface area (Å²) in [5, 5.41) is 2.50. The number of carbonyl (C=O) groups excluding carboxylic acids is 2. The molecule has 3 aromatic carbocycles. The average Bonchev–Trinajstić information content (AvgIpc) is 2.74. The van der Waals surface area contributed by atoms with Crippen LogP contribution in [0, 0.1) is 5.82 Å². The Labute approximate surface area is 167 Å². The standard InChI is InChI=1S/C21H17FN2O4S/c1-23-29(27,28)17-10-11-19(22)18(13-17)21(26)24-16-9-5-8-15(12-16)20(25)14-6-3-2-4-7-14/h2-13,23H,1H3,(H,24,26). The number of anilines is 1. The van der Waals surface area contributed by atoms with E-state index in [0.29, 0.717) is 11.1 Å². The van der Waals surface area contributed by atoms with E-state index >= 15 is 0 Å². The van der Waals surface area contributed by atoms with Crippen molar-refractivity contribution in [2.45, 2.75) is 4.90 Å². The van der Waals surface area contributed by atoms with Crippen LogP contribution in [-0.2, 0) is 10.0 Å². The highest BCUT2D eigenvalue weighted by Gasteiger charge is 2.19. The van der Waals surface area contributed by atoms with Crippen molar-refractivity contribution in [2.75, 3.05) is 12.4 Å². The molecule has 0 atom stereocenters. The van der Waals surface area contributed by atoms with Crippen LogP contribution >= 0.6 is 0 Å². The summed E-state index contributed by atoms with van der Waals surface area (Å²) >= 11 is 0. The molecular weight excluding hydrogens is 395 g/mol. The lowest BCUT2D eigenvalue weighted by Gasteiger charge is -2.10. The molecule has 29 heavy (non-hydrogen) atoms. The fourth-order valence-electron chi connectivity index (χ4n) is 2.66. The molecule has 0 spiro atoms. The van der Waals surface area contributed by atoms with Crippen LogP contribution in [0.25, 0.3) is 0 Å². The van der Waals surface area contributed by atoms with Gasteiger partial charge in [0.05, 0.1) is 10.5 Å². The van der Waals surface area contributed by atoms with Crippen LogP contribution in [0.15, 0.2) is 77.7 Å². The van der Waals surface area contributed by atoms with Crippen LogP contribution in [0.5, 0.6) is 0 Å². The third kappa shape index (κ3) is 4.56. The van der Waals surface area contributed by atoms with Crippen molar-refractivity contribution in [3.63, 3.8) is 0 Å². The summed E-state index contributed by atoms with van der Waals surface area (Å²) in [5.41, 5.74) is 0.687. The molecule has 6 nitrogen and oxygen atoms in total. The lowest BCUT2D eigenvalue weighted by molar-refractivity contribution is 0.101. The molecule has 3 aromatic rings. The van der Waals surface area contributed by atoms with Gasteiger partial charge < -0.3 is 5.32 Å². The first-order chi connectivity index (χ1) is 13.8. The number of ketones is 1. The Bertz CT molecular complexity index is 1180. The molecule has 0 fully saturated rings. The zero-order valence-corrected chi connectivity index (χ0v) is 16.2. The molecule has 3 rings (SSSR count). The summed E-state index contributed by atoms with van der Waals surface area (Å²) in [6.45, 7) is 0. The maximum Gasteiger partial charge on any atom is 0.258 e. The van der Waals surface area contributed by atoms with Crippen LogP contribution in [0.2, 0.25) is 0 Å². The van der Waals surface area contributed by atoms with Gasteiger partial charge in [-0.1, -0.05) is 42.5 Å². The summed E-state index contributed by atoms with van der Waals surface area (Å²) in [6.07, 6.45) is 0. The Balaban J connectivity index is 1.87. The second-order valence-electron chi connectivity index (χ2n) is 6.08. The van der Waals surface area contributed by atoms with Gasteiger partial charge in [-0.2, -0.15) is 0 Å². The van der Waals surface area contributed by atoms with Gasteiger partial charge in [0.25, 0.3) is 5.91 Å². The van der Waals surface area contributed by atoms with Gasteiger partial charge in [0.2, 0.25) is 10.0 Å². The molecule has 0 unspecified atom stereocenters. The van der Waals surface area contributed by atoms with Crippen LogP contribution in [-0.4, -0.2) is 27.2 Å². The second-order valence-corrected chi connectivity index (χ2v) is 7.97. The van der Waals surface area contributed by atoms with E-state index in [1.807, 2.05) is 0 Å². The first-order valence-corrected chi connectivity index (χ1v) is 10.0. The number of hydrogen-bond donors (Lipinski definition) is 2. The zero-order chi connectivity index (χ0) is 21.0. The number of nitrogens with one attached hydrogen (secondary N) is 2. The highest BCUT2D eigenvalue weighted by atomic mass is 32.2. The predicted molar refractivity (Wildman–Crippen MR) is 107 cm³/mol. The molecule has 1 amide bonds. The van der Waals surface area contributed by atoms with Gasteiger partial charge in [-0.05, 0) is 37.4 Å². The van der Waals surface area contributed by atoms with Crippen LogP contribution < -0.4 is 10.0 Å². The fraction of sp³-hybridized carbons (Fsp3) is 0.0476. The molecule has 0 aliphatic carbocycles. The van der Waals surface area contributed by atoms with E-state index in [-0.39, 0.29) is 16.4 Å². The second kappa shape index (κ2) is 8.34. The van der Waals surface area contributed by atoms with Gasteiger partial charge in [-0.25, -0.2) is 17.5 Å². The number of halogens is 1. The molecule has 0 aromatic heterocycles. The highest BCUT2D eigenvalue weighted by molar-refractivity contribution is 7.89. The maximum atomic E-state index is 14.1. The lowest BCUT2D eigenvalue weighted by atomic mass is 10.0. The van der Waals surface area contributed by atoms with Crippen molar-refractivity contribution in [3.05, 3.63) is 95.3 Å². The van der Waals surface area contributed by atoms with Crippen LogP contribution in [0.4, 0.5) is 10.1 Å². The van der Waals surface area contributed by atoms with Crippen molar-refractivity contribution in [1.29, 1.82) is 0 Å². The number of hydrogen-bond acceptors (Lipinski definition) is 4. The normalized spacial score (nSPS) is 11.1. The Morgan fingerprint density at radius 2 is 1.55 bits per heavy atom. The van der Waals surface area contributed by atoms with Gasteiger partial charge in [-0.15, -0.1) is 0 Å². The smallest absolute Gasteiger partial charge is 0.258 e. The predicted octanol–water partition coefficient (Wildman–Crippen LogP) is 3.22. The number of sulfonamides is 1. The minimum Gasteiger partial charge on any atom is -0.322 e. The molecule has 0 heterocycles. The van der Waals surface area contributed by atoms with Crippen molar-refractivity contribution >= 4 is 27.4 Å². The maximum absolute atomic E-state index is 14.1. The number of carbonyl (C=O) groups is 2. The van der Waals surface area contributed by atoms with Crippen molar-refractivity contribution in [2.24, 2.45) is 0 Å². The molecule has 8 heteroatoms. The topological polar surface area (TPSA) is 92.3 Å². The first-order valence-electron chi connectivity index (χ1n) is 8.56. The van der Waals surface area contributed by atoms with Gasteiger partial charge in [-0.3, -0.25) is 9.59 Å². The fourth-order valence-corrected chi connectivity index (χ4v) is 3.41. The van der Waals surface area contributed by atoms with Gasteiger partial charge in [0.15, 0.2) is 5.78 Å². The summed E-state index contributed by atoms with van der Waals surface area (Å²) in [7, 11) is -2.62. The minimum absolute atomic E-state index is 0.227. The molecule has 2 N–H and O–H groups in total. The van der Waals surface area contributed by atoms with Gasteiger partial charge in [0, 0.05) is 16.8 Å². The van der Waals surface area contributed by atoms with E-state index < -0.39 is 27.3 Å². The van der Waals surface area contributed by atoms with E-state index in [2.05, 4.69) is 10.0 Å². The molecule has 0 saturated carbocycles. The van der Waals surface area contributed by atoms with E-state index in [4.69, 9.17) is 0 Å². The Hall–Kier alpha value is -3.36. The quantitative estimate of drug-likeness (QED) is 0.608. The van der Waals surface area contributed by atoms with Crippen molar-refractivity contribution in [3.8, 4) is 0 Å². The summed E-state index contributed by atoms with van der Waals surface area (Å²) in [5.74, 6) is -1.93. The third-order valence-electron chi connectivity index (χ3n) is 4.18. The molecule has 148 valence electrons. The summed E-state index contributed by atoms with van der Waals surface area (Å²) in [4.78, 5) is 24.8. The van der Waals surface area contributed by atoms with Crippen LogP contribution in [0.1, 0.15) is 26.3 Å². The van der Waals surface area contributed by atoms with Crippen molar-refractivity contribution < 1.29 is 22.4 Å². The molecule has 0 bridgehead atoms. The van der Waals surface area contributed by atoms with Gasteiger partial charge in [0.1, 0.15) is 5.82 Å². The monoisotopic (exact) mass is 412 g/mol. The Morgan fingerprint density at radius 1 is 0.862 bits per heavy atom. The van der Waals surface area contributed by atoms with E-state index in [1.165, 1.54) is 13.1 Å². The third-order valence-corrected chi connectivity index (χ3v) is 5.59. The SMILES string of the molecule is CNS(=O)(=O)c1ccc(F)c(C(=O)Nc2cccc(C(=O)c3ccccc3)c2)c1. The van der Waals surface area contributed by atoms with Crippen molar-refractivity contribution in [1.82, 2.24) is 4.72 Å². The number of rotatable bonds is 6. The largest absolute Gasteiger partial charge is 0.322 e. The Morgan fingerprint density at radius 3 is 2.24 bits per heavy atom. The van der Waals surface area contributed by atoms with E-state index in [0.717, 1.165) is 18.2 Å². The zero-order valence-electron chi connectivity index (χ0n) is 15.3. The highest BCUT2D eigenvalue weighted by Crippen LogP contribution is 2.19. The Kier molecular flexibility index (Phi) is 5.86. The van der Waals surface area contributed by atoms with Crippen LogP contribution in [0.3, 0.4) is 0 Å². The van der Waals surface area contributed by atoms with Gasteiger partial charge >= 0.3 is 0 Å². The lowest BCUT2D eigenvalue weighted by Crippen LogP contribution is -2.20.